The lowest BCUT2D eigenvalue weighted by Crippen LogP contribution is -1.84. The fraction of sp³-hybridized carbons (Fsp3) is 0. The van der Waals surface area contributed by atoms with Crippen molar-refractivity contribution in [1.82, 2.24) is 9.97 Å². The van der Waals surface area contributed by atoms with Gasteiger partial charge in [-0.15, -0.1) is 0 Å². The Bertz CT molecular complexity index is 653. The Balaban J connectivity index is 0.000000963. The highest BCUT2D eigenvalue weighted by atomic mass is 16.3. The molecule has 3 rings (SSSR count). The first-order valence-corrected chi connectivity index (χ1v) is 4.68. The molecule has 0 saturated carbocycles. The average molecular weight is 214 g/mol. The van der Waals surface area contributed by atoms with Gasteiger partial charge in [0.25, 0.3) is 0 Å². The van der Waals surface area contributed by atoms with Crippen molar-refractivity contribution in [3.63, 3.8) is 0 Å². The van der Waals surface area contributed by atoms with Crippen LogP contribution >= 0.6 is 0 Å². The number of hydrogen-bond donors (Lipinski definition) is 1. The van der Waals surface area contributed by atoms with E-state index in [-0.39, 0.29) is 11.2 Å². The molecule has 0 aliphatic carbocycles. The van der Waals surface area contributed by atoms with Crippen LogP contribution in [0.1, 0.15) is 0 Å². The van der Waals surface area contributed by atoms with E-state index in [0.717, 1.165) is 21.8 Å². The van der Waals surface area contributed by atoms with E-state index in [2.05, 4.69) is 9.97 Å². The van der Waals surface area contributed by atoms with Crippen LogP contribution in [0.2, 0.25) is 0 Å². The number of rotatable bonds is 0. The van der Waals surface area contributed by atoms with E-state index in [0.29, 0.717) is 0 Å². The van der Waals surface area contributed by atoms with Crippen LogP contribution in [0, 0.1) is 0 Å². The molecule has 4 heteroatoms. The van der Waals surface area contributed by atoms with Gasteiger partial charge in [-0.05, 0) is 24.3 Å². The highest BCUT2D eigenvalue weighted by Crippen LogP contribution is 2.29. The Morgan fingerprint density at radius 1 is 0.938 bits per heavy atom. The van der Waals surface area contributed by atoms with Crippen LogP contribution in [0.25, 0.3) is 21.8 Å². The zero-order chi connectivity index (χ0) is 10.3. The Labute approximate surface area is 91.5 Å². The first-order valence-electron chi connectivity index (χ1n) is 4.68. The van der Waals surface area contributed by atoms with Crippen LogP contribution in [0.4, 0.5) is 0 Å². The maximum absolute atomic E-state index is 9.80. The monoisotopic (exact) mass is 214 g/mol. The number of phenolic OH excluding ortho intramolecular Hbond substituents is 1. The highest BCUT2D eigenvalue weighted by Gasteiger charge is 2.06. The maximum Gasteiger partial charge on any atom is 0.125 e. The number of aromatic hydroxyl groups is 1. The highest BCUT2D eigenvalue weighted by molar-refractivity contribution is 6.05. The lowest BCUT2D eigenvalue weighted by atomic mass is 10.1. The van der Waals surface area contributed by atoms with Gasteiger partial charge in [-0.3, -0.25) is 9.97 Å². The zero-order valence-corrected chi connectivity index (χ0v) is 8.38. The number of benzene rings is 1. The van der Waals surface area contributed by atoms with Gasteiger partial charge in [0.15, 0.2) is 0 Å². The number of fused-ring (bicyclic) bond motifs is 3. The lowest BCUT2D eigenvalue weighted by molar-refractivity contribution is 0.482. The molecule has 0 unspecified atom stereocenters. The summed E-state index contributed by atoms with van der Waals surface area (Å²) in [5.74, 6) is 0.249. The SMILES string of the molecule is O.Oc1cc2cccnc2c2ncccc12. The van der Waals surface area contributed by atoms with E-state index in [1.54, 1.807) is 24.5 Å². The van der Waals surface area contributed by atoms with Crippen LogP contribution in [0.15, 0.2) is 42.7 Å². The summed E-state index contributed by atoms with van der Waals surface area (Å²) < 4.78 is 0. The molecule has 2 heterocycles. The molecule has 2 aromatic heterocycles. The van der Waals surface area contributed by atoms with E-state index in [1.165, 1.54) is 0 Å². The Morgan fingerprint density at radius 3 is 2.44 bits per heavy atom. The topological polar surface area (TPSA) is 77.5 Å². The second-order valence-corrected chi connectivity index (χ2v) is 3.37. The van der Waals surface area contributed by atoms with Crippen LogP contribution in [0.5, 0.6) is 5.75 Å². The molecule has 4 nitrogen and oxygen atoms in total. The van der Waals surface area contributed by atoms with Crippen molar-refractivity contribution >= 4 is 21.8 Å². The van der Waals surface area contributed by atoms with E-state index >= 15 is 0 Å². The molecule has 3 aromatic rings. The molecule has 80 valence electrons. The predicted octanol–water partition coefficient (Wildman–Crippen LogP) is 1.66. The number of nitrogens with zero attached hydrogens (tertiary/aromatic N) is 2. The molecule has 0 bridgehead atoms. The molecule has 0 fully saturated rings. The third-order valence-corrected chi connectivity index (χ3v) is 2.44. The summed E-state index contributed by atoms with van der Waals surface area (Å²) >= 11 is 0. The fourth-order valence-corrected chi connectivity index (χ4v) is 1.76. The molecule has 0 aliphatic heterocycles. The predicted molar refractivity (Wildman–Crippen MR) is 62.3 cm³/mol. The van der Waals surface area contributed by atoms with Gasteiger partial charge in [-0.25, -0.2) is 0 Å². The van der Waals surface area contributed by atoms with Crippen molar-refractivity contribution in [2.24, 2.45) is 0 Å². The van der Waals surface area contributed by atoms with Crippen molar-refractivity contribution in [3.8, 4) is 5.75 Å². The van der Waals surface area contributed by atoms with E-state index < -0.39 is 0 Å². The Kier molecular flexibility index (Phi) is 2.42. The molecular formula is C12H10N2O2. The van der Waals surface area contributed by atoms with Crippen LogP contribution in [-0.2, 0) is 0 Å². The molecule has 0 amide bonds. The molecule has 0 spiro atoms. The average Bonchev–Trinajstić information content (AvgIpc) is 2.30. The van der Waals surface area contributed by atoms with Gasteiger partial charge < -0.3 is 10.6 Å². The van der Waals surface area contributed by atoms with Crippen LogP contribution in [-0.4, -0.2) is 20.6 Å². The van der Waals surface area contributed by atoms with Crippen molar-refractivity contribution < 1.29 is 10.6 Å². The third kappa shape index (κ3) is 1.36. The standard InChI is InChI=1S/C12H8N2O.H2O/c15-10-7-8-3-1-5-13-11(8)12-9(10)4-2-6-14-12;/h1-7,15H;1H2. The third-order valence-electron chi connectivity index (χ3n) is 2.44. The quantitative estimate of drug-likeness (QED) is 0.578. The number of aromatic nitrogens is 2. The van der Waals surface area contributed by atoms with Crippen LogP contribution in [0.3, 0.4) is 0 Å². The van der Waals surface area contributed by atoms with Gasteiger partial charge >= 0.3 is 0 Å². The molecule has 16 heavy (non-hydrogen) atoms. The van der Waals surface area contributed by atoms with Gasteiger partial charge in [-0.2, -0.15) is 0 Å². The normalized spacial score (nSPS) is 10.2. The second kappa shape index (κ2) is 3.75. The smallest absolute Gasteiger partial charge is 0.125 e. The number of pyridine rings is 2. The zero-order valence-electron chi connectivity index (χ0n) is 8.38. The van der Waals surface area contributed by atoms with E-state index in [9.17, 15) is 5.11 Å². The summed E-state index contributed by atoms with van der Waals surface area (Å²) in [6, 6.07) is 9.11. The molecular weight excluding hydrogens is 204 g/mol. The summed E-state index contributed by atoms with van der Waals surface area (Å²) in [7, 11) is 0. The summed E-state index contributed by atoms with van der Waals surface area (Å²) in [6.07, 6.45) is 3.43. The largest absolute Gasteiger partial charge is 0.507 e. The minimum Gasteiger partial charge on any atom is -0.507 e. The first kappa shape index (κ1) is 10.3. The minimum absolute atomic E-state index is 0. The molecule has 0 saturated heterocycles. The van der Waals surface area contributed by atoms with Gasteiger partial charge in [0.1, 0.15) is 11.3 Å². The molecule has 0 radical (unpaired) electrons. The van der Waals surface area contributed by atoms with Crippen molar-refractivity contribution in [2.45, 2.75) is 0 Å². The number of phenols is 1. The fourth-order valence-electron chi connectivity index (χ4n) is 1.76. The Hall–Kier alpha value is -2.20. The van der Waals surface area contributed by atoms with Crippen LogP contribution < -0.4 is 0 Å². The van der Waals surface area contributed by atoms with Gasteiger partial charge in [0.05, 0.1) is 5.52 Å². The maximum atomic E-state index is 9.80. The number of hydrogen-bond acceptors (Lipinski definition) is 3. The second-order valence-electron chi connectivity index (χ2n) is 3.37. The molecule has 0 aliphatic rings. The van der Waals surface area contributed by atoms with Gasteiger partial charge in [-0.1, -0.05) is 6.07 Å². The van der Waals surface area contributed by atoms with Crippen molar-refractivity contribution in [1.29, 1.82) is 0 Å². The van der Waals surface area contributed by atoms with Crippen molar-refractivity contribution in [3.05, 3.63) is 42.7 Å². The van der Waals surface area contributed by atoms with Gasteiger partial charge in [0, 0.05) is 23.2 Å². The van der Waals surface area contributed by atoms with E-state index in [4.69, 9.17) is 0 Å². The van der Waals surface area contributed by atoms with Crippen molar-refractivity contribution in [2.75, 3.05) is 0 Å². The summed E-state index contributed by atoms with van der Waals surface area (Å²) in [4.78, 5) is 8.52. The Morgan fingerprint density at radius 2 is 1.62 bits per heavy atom. The summed E-state index contributed by atoms with van der Waals surface area (Å²) in [5.41, 5.74) is 1.57. The summed E-state index contributed by atoms with van der Waals surface area (Å²) in [6.45, 7) is 0. The molecule has 3 N–H and O–H groups in total. The van der Waals surface area contributed by atoms with Gasteiger partial charge in [0.2, 0.25) is 0 Å². The van der Waals surface area contributed by atoms with E-state index in [1.807, 2.05) is 18.2 Å². The molecule has 1 aromatic carbocycles. The summed E-state index contributed by atoms with van der Waals surface area (Å²) in [5, 5.41) is 11.4. The lowest BCUT2D eigenvalue weighted by Gasteiger charge is -2.03. The minimum atomic E-state index is 0. The first-order chi connectivity index (χ1) is 7.36. The molecule has 0 atom stereocenters.